The molecule has 2 heterocycles. The van der Waals surface area contributed by atoms with Crippen LogP contribution in [0.25, 0.3) is 0 Å². The summed E-state index contributed by atoms with van der Waals surface area (Å²) in [4.78, 5) is 15.3. The molecule has 82 valence electrons. The molecule has 0 atom stereocenters. The van der Waals surface area contributed by atoms with Crippen LogP contribution >= 0.6 is 0 Å². The molecule has 2 rings (SSSR count). The Bertz CT molecular complexity index is 320. The second kappa shape index (κ2) is 4.99. The zero-order valence-electron chi connectivity index (χ0n) is 8.56. The predicted molar refractivity (Wildman–Crippen MR) is 53.7 cm³/mol. The number of imidazole rings is 1. The Morgan fingerprint density at radius 2 is 2.33 bits per heavy atom. The van der Waals surface area contributed by atoms with Crippen molar-refractivity contribution in [2.75, 3.05) is 32.8 Å². The van der Waals surface area contributed by atoms with E-state index in [9.17, 15) is 4.91 Å². The van der Waals surface area contributed by atoms with Crippen LogP contribution in [-0.2, 0) is 11.3 Å². The summed E-state index contributed by atoms with van der Waals surface area (Å²) in [7, 11) is 0. The van der Waals surface area contributed by atoms with Crippen LogP contribution in [0.5, 0.6) is 0 Å². The molecule has 6 nitrogen and oxygen atoms in total. The van der Waals surface area contributed by atoms with E-state index in [4.69, 9.17) is 4.74 Å². The highest BCUT2D eigenvalue weighted by Crippen LogP contribution is 2.00. The SMILES string of the molecule is O=Nc1c[n+](CCN2CCOCC2)c[nH]1. The Hall–Kier alpha value is -1.27. The van der Waals surface area contributed by atoms with E-state index in [1.54, 1.807) is 12.5 Å². The van der Waals surface area contributed by atoms with Gasteiger partial charge in [0.05, 0.1) is 13.2 Å². The van der Waals surface area contributed by atoms with Gasteiger partial charge in [0.25, 0.3) is 5.82 Å². The van der Waals surface area contributed by atoms with Gasteiger partial charge < -0.3 is 4.74 Å². The maximum Gasteiger partial charge on any atom is 0.298 e. The van der Waals surface area contributed by atoms with Crippen molar-refractivity contribution in [1.29, 1.82) is 0 Å². The van der Waals surface area contributed by atoms with E-state index in [1.807, 2.05) is 4.57 Å². The van der Waals surface area contributed by atoms with Crippen molar-refractivity contribution in [2.24, 2.45) is 5.18 Å². The first-order valence-corrected chi connectivity index (χ1v) is 5.09. The Morgan fingerprint density at radius 1 is 1.53 bits per heavy atom. The van der Waals surface area contributed by atoms with E-state index in [-0.39, 0.29) is 0 Å². The van der Waals surface area contributed by atoms with Gasteiger partial charge in [0.15, 0.2) is 6.20 Å². The molecule has 1 aliphatic heterocycles. The van der Waals surface area contributed by atoms with E-state index in [2.05, 4.69) is 15.1 Å². The Balaban J connectivity index is 1.79. The summed E-state index contributed by atoms with van der Waals surface area (Å²) in [5, 5.41) is 2.83. The van der Waals surface area contributed by atoms with Crippen LogP contribution in [0.4, 0.5) is 5.82 Å². The number of hydrogen-bond acceptors (Lipinski definition) is 4. The lowest BCUT2D eigenvalue weighted by Gasteiger charge is -2.25. The van der Waals surface area contributed by atoms with Crippen molar-refractivity contribution in [2.45, 2.75) is 6.54 Å². The van der Waals surface area contributed by atoms with Crippen LogP contribution in [0.2, 0.25) is 0 Å². The zero-order chi connectivity index (χ0) is 10.5. The summed E-state index contributed by atoms with van der Waals surface area (Å²) in [5.74, 6) is 0.372. The average Bonchev–Trinajstić information content (AvgIpc) is 2.76. The molecular formula is C9H15N4O2+. The summed E-state index contributed by atoms with van der Waals surface area (Å²) in [6, 6.07) is 0. The van der Waals surface area contributed by atoms with Crippen LogP contribution in [0.15, 0.2) is 17.7 Å². The molecule has 0 spiro atoms. The standard InChI is InChI=1S/C9H14N4O2/c14-11-9-7-13(8-10-9)2-1-12-3-5-15-6-4-12/h7-8H,1-6H2/p+1. The van der Waals surface area contributed by atoms with Gasteiger partial charge in [-0.15, -0.1) is 4.91 Å². The lowest BCUT2D eigenvalue weighted by Crippen LogP contribution is -2.43. The molecule has 0 aliphatic carbocycles. The normalized spacial score (nSPS) is 17.9. The van der Waals surface area contributed by atoms with E-state index in [1.165, 1.54) is 0 Å². The predicted octanol–water partition coefficient (Wildman–Crippen LogP) is 0.0323. The fourth-order valence-electron chi connectivity index (χ4n) is 1.64. The third-order valence-electron chi connectivity index (χ3n) is 2.54. The number of ether oxygens (including phenoxy) is 1. The Kier molecular flexibility index (Phi) is 3.41. The Morgan fingerprint density at radius 3 is 3.00 bits per heavy atom. The highest BCUT2D eigenvalue weighted by Gasteiger charge is 2.12. The van der Waals surface area contributed by atoms with Crippen LogP contribution < -0.4 is 4.57 Å². The first-order valence-electron chi connectivity index (χ1n) is 5.09. The lowest BCUT2D eigenvalue weighted by atomic mass is 10.4. The average molecular weight is 211 g/mol. The largest absolute Gasteiger partial charge is 0.379 e. The van der Waals surface area contributed by atoms with Crippen molar-refractivity contribution < 1.29 is 9.30 Å². The molecule has 0 aromatic carbocycles. The minimum Gasteiger partial charge on any atom is -0.379 e. The molecule has 0 saturated carbocycles. The molecule has 1 saturated heterocycles. The molecular weight excluding hydrogens is 196 g/mol. The monoisotopic (exact) mass is 211 g/mol. The quantitative estimate of drug-likeness (QED) is 0.564. The molecule has 0 amide bonds. The van der Waals surface area contributed by atoms with Crippen molar-refractivity contribution >= 4 is 5.82 Å². The molecule has 0 unspecified atom stereocenters. The fourth-order valence-corrected chi connectivity index (χ4v) is 1.64. The molecule has 1 N–H and O–H groups in total. The van der Waals surface area contributed by atoms with Gasteiger partial charge in [-0.05, 0) is 0 Å². The molecule has 1 fully saturated rings. The molecule has 1 aromatic rings. The minimum atomic E-state index is 0.372. The highest BCUT2D eigenvalue weighted by atomic mass is 16.5. The van der Waals surface area contributed by atoms with Gasteiger partial charge >= 0.3 is 0 Å². The first kappa shape index (κ1) is 10.3. The smallest absolute Gasteiger partial charge is 0.298 e. The minimum absolute atomic E-state index is 0.372. The van der Waals surface area contributed by atoms with Gasteiger partial charge in [0, 0.05) is 24.8 Å². The van der Waals surface area contributed by atoms with Crippen molar-refractivity contribution in [3.05, 3.63) is 17.4 Å². The van der Waals surface area contributed by atoms with Crippen LogP contribution in [0.3, 0.4) is 0 Å². The van der Waals surface area contributed by atoms with Gasteiger partial charge in [0.1, 0.15) is 6.54 Å². The topological polar surface area (TPSA) is 61.6 Å². The van der Waals surface area contributed by atoms with E-state index in [0.717, 1.165) is 39.4 Å². The second-order valence-corrected chi connectivity index (χ2v) is 3.57. The first-order chi connectivity index (χ1) is 7.38. The zero-order valence-corrected chi connectivity index (χ0v) is 8.56. The summed E-state index contributed by atoms with van der Waals surface area (Å²) in [5.41, 5.74) is 0. The van der Waals surface area contributed by atoms with Gasteiger partial charge in [-0.3, -0.25) is 4.90 Å². The lowest BCUT2D eigenvalue weighted by molar-refractivity contribution is -0.695. The second-order valence-electron chi connectivity index (χ2n) is 3.57. The van der Waals surface area contributed by atoms with Crippen molar-refractivity contribution in [3.8, 4) is 0 Å². The van der Waals surface area contributed by atoms with Gasteiger partial charge in [0.2, 0.25) is 6.33 Å². The number of aromatic amines is 1. The number of rotatable bonds is 4. The molecule has 6 heteroatoms. The number of hydrogen-bond donors (Lipinski definition) is 1. The van der Waals surface area contributed by atoms with Gasteiger partial charge in [-0.2, -0.15) is 0 Å². The van der Waals surface area contributed by atoms with Crippen LogP contribution in [0.1, 0.15) is 0 Å². The third kappa shape index (κ3) is 2.84. The maximum absolute atomic E-state index is 10.2. The fraction of sp³-hybridized carbons (Fsp3) is 0.667. The number of nitrogens with one attached hydrogen (secondary N) is 1. The third-order valence-corrected chi connectivity index (χ3v) is 2.54. The Labute approximate surface area is 87.8 Å². The molecule has 0 bridgehead atoms. The molecule has 0 radical (unpaired) electrons. The summed E-state index contributed by atoms with van der Waals surface area (Å²) in [6.07, 6.45) is 3.48. The molecule has 15 heavy (non-hydrogen) atoms. The van der Waals surface area contributed by atoms with Crippen LogP contribution in [-0.4, -0.2) is 42.7 Å². The van der Waals surface area contributed by atoms with Gasteiger partial charge in [-0.25, -0.2) is 9.55 Å². The number of aromatic nitrogens is 2. The summed E-state index contributed by atoms with van der Waals surface area (Å²) in [6.45, 7) is 5.46. The summed E-state index contributed by atoms with van der Waals surface area (Å²) < 4.78 is 7.20. The number of nitroso groups, excluding NO2 is 1. The molecule has 1 aromatic heterocycles. The number of morpholine rings is 1. The molecule has 1 aliphatic rings. The van der Waals surface area contributed by atoms with Crippen LogP contribution in [0, 0.1) is 4.91 Å². The van der Waals surface area contributed by atoms with E-state index < -0.39 is 0 Å². The number of H-pyrrole nitrogens is 1. The summed E-state index contributed by atoms with van der Waals surface area (Å²) >= 11 is 0. The van der Waals surface area contributed by atoms with Gasteiger partial charge in [-0.1, -0.05) is 0 Å². The van der Waals surface area contributed by atoms with E-state index >= 15 is 0 Å². The number of nitrogens with zero attached hydrogens (tertiary/aromatic N) is 3. The highest BCUT2D eigenvalue weighted by molar-refractivity contribution is 5.16. The van der Waals surface area contributed by atoms with Crippen molar-refractivity contribution in [1.82, 2.24) is 9.88 Å². The maximum atomic E-state index is 10.2. The van der Waals surface area contributed by atoms with E-state index in [0.29, 0.717) is 5.82 Å². The van der Waals surface area contributed by atoms with Crippen molar-refractivity contribution in [3.63, 3.8) is 0 Å².